The number of fused-ring (bicyclic) bond motifs is 1. The Hall–Kier alpha value is -1.32. The Morgan fingerprint density at radius 3 is 2.09 bits per heavy atom. The van der Waals surface area contributed by atoms with E-state index in [2.05, 4.69) is 20.8 Å². The van der Waals surface area contributed by atoms with Gasteiger partial charge in [-0.05, 0) is 44.9 Å². The van der Waals surface area contributed by atoms with Crippen molar-refractivity contribution in [2.24, 2.45) is 28.6 Å². The molecule has 0 aromatic carbocycles. The normalized spacial score (nSPS) is 35.3. The van der Waals surface area contributed by atoms with Crippen LogP contribution in [0.25, 0.3) is 0 Å². The Labute approximate surface area is 140 Å². The van der Waals surface area contributed by atoms with Crippen molar-refractivity contribution in [3.63, 3.8) is 0 Å². The van der Waals surface area contributed by atoms with Gasteiger partial charge in [0.2, 0.25) is 0 Å². The third-order valence-corrected chi connectivity index (χ3v) is 5.02. The summed E-state index contributed by atoms with van der Waals surface area (Å²) in [5.74, 6) is 0.101. The summed E-state index contributed by atoms with van der Waals surface area (Å²) in [6, 6.07) is 0. The van der Waals surface area contributed by atoms with Crippen LogP contribution in [0.2, 0.25) is 0 Å². The van der Waals surface area contributed by atoms with Crippen molar-refractivity contribution in [2.75, 3.05) is 14.1 Å². The zero-order valence-electron chi connectivity index (χ0n) is 16.0. The highest BCUT2D eigenvalue weighted by Gasteiger charge is 2.75. The second-order valence-electron chi connectivity index (χ2n) is 9.52. The van der Waals surface area contributed by atoms with Crippen LogP contribution in [0.5, 0.6) is 0 Å². The molecule has 0 heterocycles. The van der Waals surface area contributed by atoms with Gasteiger partial charge in [0.1, 0.15) is 5.60 Å². The molecule has 0 radical (unpaired) electrons. The van der Waals surface area contributed by atoms with Gasteiger partial charge in [-0.3, -0.25) is 9.59 Å². The fourth-order valence-electron chi connectivity index (χ4n) is 4.13. The first-order valence-electron chi connectivity index (χ1n) is 8.37. The number of ether oxygens (including phenoxy) is 1. The molecular weight excluding hydrogens is 290 g/mol. The minimum Gasteiger partial charge on any atom is -0.459 e. The molecule has 0 spiro atoms. The molecule has 2 aliphatic carbocycles. The van der Waals surface area contributed by atoms with E-state index < -0.39 is 11.0 Å². The maximum absolute atomic E-state index is 13.0. The van der Waals surface area contributed by atoms with Crippen LogP contribution in [0.15, 0.2) is 11.8 Å². The van der Waals surface area contributed by atoms with Gasteiger partial charge in [-0.25, -0.2) is 0 Å². The van der Waals surface area contributed by atoms with Gasteiger partial charge in [-0.1, -0.05) is 20.8 Å². The summed E-state index contributed by atoms with van der Waals surface area (Å²) >= 11 is 0. The molecule has 0 amide bonds. The fourth-order valence-corrected chi connectivity index (χ4v) is 4.13. The van der Waals surface area contributed by atoms with Crippen molar-refractivity contribution in [3.05, 3.63) is 11.8 Å². The van der Waals surface area contributed by atoms with Crippen molar-refractivity contribution in [3.8, 4) is 0 Å². The second kappa shape index (κ2) is 5.09. The average molecular weight is 321 g/mol. The molecule has 4 nitrogen and oxygen atoms in total. The van der Waals surface area contributed by atoms with Crippen LogP contribution >= 0.6 is 0 Å². The summed E-state index contributed by atoms with van der Waals surface area (Å²) in [5.41, 5.74) is -0.793. The van der Waals surface area contributed by atoms with E-state index in [1.165, 1.54) is 0 Å². The third kappa shape index (κ3) is 2.92. The Balaban J connectivity index is 2.46. The maximum atomic E-state index is 13.0. The molecule has 0 aliphatic heterocycles. The van der Waals surface area contributed by atoms with Crippen LogP contribution in [-0.4, -0.2) is 36.3 Å². The minimum absolute atomic E-state index is 0.0118. The Bertz CT molecular complexity index is 562. The highest BCUT2D eigenvalue weighted by atomic mass is 16.6. The van der Waals surface area contributed by atoms with Crippen molar-refractivity contribution in [2.45, 2.75) is 54.1 Å². The van der Waals surface area contributed by atoms with Crippen LogP contribution in [0.4, 0.5) is 0 Å². The van der Waals surface area contributed by atoms with Gasteiger partial charge in [0, 0.05) is 31.8 Å². The summed E-state index contributed by atoms with van der Waals surface area (Å²) in [4.78, 5) is 27.8. The predicted octanol–water partition coefficient (Wildman–Crippen LogP) is 3.27. The standard InChI is InChI=1S/C19H31NO3/c1-17(2,3)13-12-14(13)19(7,16(22)23-18(4,5)6)11(15(12)21)10-20(8)9/h10,12-14H,1-9H3/b11-10+/t12-,13-,14-,19+/m0/s1. The number of nitrogens with zero attached hydrogens (tertiary/aromatic N) is 1. The molecule has 2 aliphatic rings. The van der Waals surface area contributed by atoms with Gasteiger partial charge in [-0.15, -0.1) is 0 Å². The number of hydrogen-bond donors (Lipinski definition) is 0. The number of carbonyl (C=O) groups is 2. The lowest BCUT2D eigenvalue weighted by Gasteiger charge is -2.34. The fraction of sp³-hybridized carbons (Fsp3) is 0.789. The third-order valence-electron chi connectivity index (χ3n) is 5.02. The summed E-state index contributed by atoms with van der Waals surface area (Å²) in [5, 5.41) is 0. The SMILES string of the molecule is CN(C)/C=C1\C(=O)[C@H]2[C@H](C(C)(C)C)[C@H]2[C@]1(C)C(=O)OC(C)(C)C. The van der Waals surface area contributed by atoms with Gasteiger partial charge < -0.3 is 9.64 Å². The quantitative estimate of drug-likeness (QED) is 0.578. The molecule has 4 atom stereocenters. The number of Topliss-reactive ketones (excluding diaryl/α,β-unsaturated/α-hetero) is 1. The molecule has 2 rings (SSSR count). The predicted molar refractivity (Wildman–Crippen MR) is 90.7 cm³/mol. The van der Waals surface area contributed by atoms with E-state index >= 15 is 0 Å². The molecule has 0 aromatic heterocycles. The van der Waals surface area contributed by atoms with Crippen LogP contribution in [-0.2, 0) is 14.3 Å². The molecule has 130 valence electrons. The van der Waals surface area contributed by atoms with E-state index in [0.29, 0.717) is 5.57 Å². The van der Waals surface area contributed by atoms with Crippen molar-refractivity contribution < 1.29 is 14.3 Å². The highest BCUT2D eigenvalue weighted by Crippen LogP contribution is 2.71. The van der Waals surface area contributed by atoms with Gasteiger partial charge in [0.05, 0.1) is 5.41 Å². The van der Waals surface area contributed by atoms with Crippen LogP contribution < -0.4 is 0 Å². The maximum Gasteiger partial charge on any atom is 0.317 e. The average Bonchev–Trinajstić information content (AvgIpc) is 3.02. The molecule has 0 unspecified atom stereocenters. The topological polar surface area (TPSA) is 46.6 Å². The smallest absolute Gasteiger partial charge is 0.317 e. The van der Waals surface area contributed by atoms with Gasteiger partial charge in [0.15, 0.2) is 5.78 Å². The summed E-state index contributed by atoms with van der Waals surface area (Å²) in [6.45, 7) is 13.9. The van der Waals surface area contributed by atoms with Crippen LogP contribution in [0, 0.1) is 28.6 Å². The van der Waals surface area contributed by atoms with Gasteiger partial charge >= 0.3 is 5.97 Å². The molecular formula is C19H31NO3. The van der Waals surface area contributed by atoms with E-state index in [9.17, 15) is 9.59 Å². The largest absolute Gasteiger partial charge is 0.459 e. The molecule has 2 fully saturated rings. The lowest BCUT2D eigenvalue weighted by molar-refractivity contribution is -0.165. The van der Waals surface area contributed by atoms with Crippen molar-refractivity contribution >= 4 is 11.8 Å². The van der Waals surface area contributed by atoms with Crippen molar-refractivity contribution in [1.82, 2.24) is 4.90 Å². The number of rotatable bonds is 2. The van der Waals surface area contributed by atoms with Crippen molar-refractivity contribution in [1.29, 1.82) is 0 Å². The molecule has 0 N–H and O–H groups in total. The molecule has 4 heteroatoms. The first-order chi connectivity index (χ1) is 10.2. The summed E-state index contributed by atoms with van der Waals surface area (Å²) in [7, 11) is 3.75. The van der Waals surface area contributed by atoms with E-state index in [1.807, 2.05) is 46.7 Å². The molecule has 0 bridgehead atoms. The monoisotopic (exact) mass is 321 g/mol. The molecule has 0 saturated heterocycles. The first-order valence-corrected chi connectivity index (χ1v) is 8.37. The number of carbonyl (C=O) groups excluding carboxylic acids is 2. The van der Waals surface area contributed by atoms with Crippen LogP contribution in [0.1, 0.15) is 48.5 Å². The highest BCUT2D eigenvalue weighted by molar-refractivity contribution is 6.10. The van der Waals surface area contributed by atoms with Gasteiger partial charge in [-0.2, -0.15) is 0 Å². The van der Waals surface area contributed by atoms with E-state index in [0.717, 1.165) is 0 Å². The van der Waals surface area contributed by atoms with E-state index in [4.69, 9.17) is 4.74 Å². The summed E-state index contributed by atoms with van der Waals surface area (Å²) < 4.78 is 5.69. The molecule has 0 aromatic rings. The lowest BCUT2D eigenvalue weighted by atomic mass is 9.73. The zero-order valence-corrected chi connectivity index (χ0v) is 16.0. The lowest BCUT2D eigenvalue weighted by Crippen LogP contribution is -2.40. The summed E-state index contributed by atoms with van der Waals surface area (Å²) in [6.07, 6.45) is 1.80. The van der Waals surface area contributed by atoms with Gasteiger partial charge in [0.25, 0.3) is 0 Å². The van der Waals surface area contributed by atoms with E-state index in [1.54, 1.807) is 6.20 Å². The number of esters is 1. The minimum atomic E-state index is -0.850. The second-order valence-corrected chi connectivity index (χ2v) is 9.52. The Morgan fingerprint density at radius 2 is 1.70 bits per heavy atom. The number of hydrogen-bond acceptors (Lipinski definition) is 4. The Kier molecular flexibility index (Phi) is 3.99. The Morgan fingerprint density at radius 1 is 1.17 bits per heavy atom. The van der Waals surface area contributed by atoms with Crippen LogP contribution in [0.3, 0.4) is 0 Å². The first kappa shape index (κ1) is 18.0. The molecule has 23 heavy (non-hydrogen) atoms. The van der Waals surface area contributed by atoms with E-state index in [-0.39, 0.29) is 34.9 Å². The number of ketones is 1. The zero-order chi connectivity index (χ0) is 18.0. The molecule has 2 saturated carbocycles.